The zero-order valence-electron chi connectivity index (χ0n) is 15.9. The summed E-state index contributed by atoms with van der Waals surface area (Å²) in [6.07, 6.45) is 4.53. The van der Waals surface area contributed by atoms with E-state index >= 15 is 0 Å². The van der Waals surface area contributed by atoms with E-state index in [4.69, 9.17) is 9.94 Å². The average Bonchev–Trinajstić information content (AvgIpc) is 3.20. The molecule has 3 N–H and O–H groups in total. The van der Waals surface area contributed by atoms with Crippen molar-refractivity contribution >= 4 is 12.0 Å². The Morgan fingerprint density at radius 1 is 1.25 bits per heavy atom. The van der Waals surface area contributed by atoms with Crippen LogP contribution in [0.1, 0.15) is 41.7 Å². The maximum absolute atomic E-state index is 11.1. The van der Waals surface area contributed by atoms with Crippen LogP contribution in [0.3, 0.4) is 0 Å². The highest BCUT2D eigenvalue weighted by Crippen LogP contribution is 2.33. The van der Waals surface area contributed by atoms with Crippen LogP contribution in [0.2, 0.25) is 0 Å². The Hall–Kier alpha value is -2.67. The van der Waals surface area contributed by atoms with E-state index < -0.39 is 12.0 Å². The molecule has 0 aromatic heterocycles. The number of aliphatic hydroxyl groups excluding tert-OH is 1. The summed E-state index contributed by atoms with van der Waals surface area (Å²) in [6.45, 7) is 1.53. The molecule has 2 aromatic rings. The number of benzene rings is 2. The maximum Gasteiger partial charge on any atom is 0.267 e. The van der Waals surface area contributed by atoms with Gasteiger partial charge in [0.15, 0.2) is 0 Å². The maximum atomic E-state index is 11.1. The smallest absolute Gasteiger partial charge is 0.267 e. The van der Waals surface area contributed by atoms with Gasteiger partial charge in [0.25, 0.3) is 5.91 Å². The molecular formula is C22H26N2O4. The van der Waals surface area contributed by atoms with Crippen molar-refractivity contribution in [2.75, 3.05) is 20.2 Å². The Kier molecular flexibility index (Phi) is 6.81. The molecule has 2 unspecified atom stereocenters. The first kappa shape index (κ1) is 20.1. The molecule has 1 saturated heterocycles. The number of likely N-dealkylation sites (tertiary alicyclic amines) is 1. The quantitative estimate of drug-likeness (QED) is 0.389. The number of hydroxylamine groups is 1. The van der Waals surface area contributed by atoms with Crippen LogP contribution in [0, 0.1) is 0 Å². The minimum absolute atomic E-state index is 0.270. The normalized spacial score (nSPS) is 18.3. The van der Waals surface area contributed by atoms with Crippen molar-refractivity contribution < 1.29 is 19.8 Å². The molecule has 3 rings (SSSR count). The van der Waals surface area contributed by atoms with Gasteiger partial charge in [-0.05, 0) is 54.3 Å². The third kappa shape index (κ3) is 4.98. The second kappa shape index (κ2) is 9.50. The second-order valence-electron chi connectivity index (χ2n) is 6.92. The monoisotopic (exact) mass is 382 g/mol. The van der Waals surface area contributed by atoms with Crippen molar-refractivity contribution in [3.05, 3.63) is 71.3 Å². The Balaban J connectivity index is 1.65. The predicted octanol–water partition coefficient (Wildman–Crippen LogP) is 3.08. The molecule has 1 amide bonds. The van der Waals surface area contributed by atoms with Crippen LogP contribution in [0.5, 0.6) is 5.75 Å². The molecule has 1 heterocycles. The Bertz CT molecular complexity index is 802. The van der Waals surface area contributed by atoms with Gasteiger partial charge in [0.1, 0.15) is 5.75 Å². The molecule has 6 heteroatoms. The van der Waals surface area contributed by atoms with Gasteiger partial charge >= 0.3 is 0 Å². The number of carbonyl (C=O) groups excluding carboxylic acids is 1. The van der Waals surface area contributed by atoms with Crippen molar-refractivity contribution in [3.8, 4) is 5.75 Å². The number of β-amino-alcohol motifs (C(OH)–C–C–N with tert-alkyl or cyclic N) is 1. The molecule has 0 spiro atoms. The summed E-state index contributed by atoms with van der Waals surface area (Å²) in [7, 11) is 1.63. The highest BCUT2D eigenvalue weighted by molar-refractivity contribution is 5.90. The lowest BCUT2D eigenvalue weighted by molar-refractivity contribution is -0.124. The molecule has 6 nitrogen and oxygen atoms in total. The summed E-state index contributed by atoms with van der Waals surface area (Å²) in [6, 6.07) is 15.8. The molecule has 0 saturated carbocycles. The zero-order valence-corrected chi connectivity index (χ0v) is 15.9. The van der Waals surface area contributed by atoms with Gasteiger partial charge in [0, 0.05) is 18.7 Å². The number of hydrogen-bond donors (Lipinski definition) is 3. The van der Waals surface area contributed by atoms with Crippen molar-refractivity contribution in [2.24, 2.45) is 0 Å². The van der Waals surface area contributed by atoms with Gasteiger partial charge < -0.3 is 9.84 Å². The number of hydrogen-bond acceptors (Lipinski definition) is 5. The number of carbonyl (C=O) groups is 1. The molecule has 1 fully saturated rings. The molecular weight excluding hydrogens is 356 g/mol. The highest BCUT2D eigenvalue weighted by Gasteiger charge is 2.27. The Morgan fingerprint density at radius 2 is 1.96 bits per heavy atom. The number of aliphatic hydroxyl groups is 1. The third-order valence-electron chi connectivity index (χ3n) is 5.13. The first-order chi connectivity index (χ1) is 13.6. The van der Waals surface area contributed by atoms with Crippen molar-refractivity contribution in [2.45, 2.75) is 25.0 Å². The fourth-order valence-corrected chi connectivity index (χ4v) is 3.61. The van der Waals surface area contributed by atoms with Gasteiger partial charge in [-0.15, -0.1) is 0 Å². The summed E-state index contributed by atoms with van der Waals surface area (Å²) in [4.78, 5) is 13.4. The lowest BCUT2D eigenvalue weighted by Crippen LogP contribution is -2.28. The fraction of sp³-hybridized carbons (Fsp3) is 0.318. The molecule has 1 aliphatic heterocycles. The molecule has 2 aromatic carbocycles. The Labute approximate surface area is 165 Å². The molecule has 2 atom stereocenters. The van der Waals surface area contributed by atoms with Gasteiger partial charge in [-0.25, -0.2) is 5.48 Å². The number of rotatable bonds is 7. The van der Waals surface area contributed by atoms with E-state index in [9.17, 15) is 9.90 Å². The second-order valence-corrected chi connectivity index (χ2v) is 6.92. The van der Waals surface area contributed by atoms with E-state index in [1.807, 2.05) is 36.4 Å². The average molecular weight is 382 g/mol. The number of nitrogens with zero attached hydrogens (tertiary/aromatic N) is 1. The third-order valence-corrected chi connectivity index (χ3v) is 5.13. The van der Waals surface area contributed by atoms with Crippen molar-refractivity contribution in [1.82, 2.24) is 10.4 Å². The molecule has 148 valence electrons. The van der Waals surface area contributed by atoms with Gasteiger partial charge in [0.05, 0.1) is 13.2 Å². The SMILES string of the molecule is COc1ccc(C(O)CN2CCCC2c2ccc(/C=C/C(=O)NO)cc2)cc1. The van der Waals surface area contributed by atoms with Crippen LogP contribution in [0.15, 0.2) is 54.6 Å². The summed E-state index contributed by atoms with van der Waals surface area (Å²) in [5.74, 6) is 0.221. The minimum atomic E-state index is -0.557. The molecule has 28 heavy (non-hydrogen) atoms. The highest BCUT2D eigenvalue weighted by atomic mass is 16.5. The Morgan fingerprint density at radius 3 is 2.61 bits per heavy atom. The zero-order chi connectivity index (χ0) is 19.9. The van der Waals surface area contributed by atoms with E-state index in [1.54, 1.807) is 18.7 Å². The van der Waals surface area contributed by atoms with Gasteiger partial charge in [-0.3, -0.25) is 14.9 Å². The summed E-state index contributed by atoms with van der Waals surface area (Å²) >= 11 is 0. The first-order valence-electron chi connectivity index (χ1n) is 9.39. The number of methoxy groups -OCH3 is 1. The van der Waals surface area contributed by atoms with Crippen molar-refractivity contribution in [3.63, 3.8) is 0 Å². The molecule has 0 bridgehead atoms. The number of amides is 1. The van der Waals surface area contributed by atoms with Gasteiger partial charge in [-0.1, -0.05) is 36.4 Å². The first-order valence-corrected chi connectivity index (χ1v) is 9.39. The van der Waals surface area contributed by atoms with Gasteiger partial charge in [0.2, 0.25) is 0 Å². The van der Waals surface area contributed by atoms with Crippen LogP contribution in [0.25, 0.3) is 6.08 Å². The summed E-state index contributed by atoms with van der Waals surface area (Å²) in [5, 5.41) is 19.2. The molecule has 0 aliphatic carbocycles. The van der Waals surface area contributed by atoms with E-state index in [-0.39, 0.29) is 6.04 Å². The largest absolute Gasteiger partial charge is 0.497 e. The van der Waals surface area contributed by atoms with Crippen LogP contribution in [-0.2, 0) is 4.79 Å². The lowest BCUT2D eigenvalue weighted by Gasteiger charge is -2.27. The van der Waals surface area contributed by atoms with Crippen LogP contribution in [-0.4, -0.2) is 41.3 Å². The van der Waals surface area contributed by atoms with E-state index in [0.29, 0.717) is 6.54 Å². The van der Waals surface area contributed by atoms with E-state index in [2.05, 4.69) is 17.0 Å². The lowest BCUT2D eigenvalue weighted by atomic mass is 10.0. The van der Waals surface area contributed by atoms with Gasteiger partial charge in [-0.2, -0.15) is 0 Å². The topological polar surface area (TPSA) is 82.0 Å². The molecule has 0 radical (unpaired) electrons. The van der Waals surface area contributed by atoms with E-state index in [1.165, 1.54) is 11.6 Å². The van der Waals surface area contributed by atoms with Crippen LogP contribution >= 0.6 is 0 Å². The minimum Gasteiger partial charge on any atom is -0.497 e. The summed E-state index contributed by atoms with van der Waals surface area (Å²) < 4.78 is 5.17. The van der Waals surface area contributed by atoms with E-state index in [0.717, 1.165) is 36.3 Å². The predicted molar refractivity (Wildman–Crippen MR) is 107 cm³/mol. The number of ether oxygens (including phenoxy) is 1. The van der Waals surface area contributed by atoms with Crippen LogP contribution < -0.4 is 10.2 Å². The van der Waals surface area contributed by atoms with Crippen molar-refractivity contribution in [1.29, 1.82) is 0 Å². The number of nitrogens with one attached hydrogen (secondary N) is 1. The molecule has 1 aliphatic rings. The summed E-state index contributed by atoms with van der Waals surface area (Å²) in [5.41, 5.74) is 4.54. The van der Waals surface area contributed by atoms with Crippen LogP contribution in [0.4, 0.5) is 0 Å². The standard InChI is InChI=1S/C22H26N2O4/c1-28-19-11-9-18(10-12-19)21(25)15-24-14-2-3-20(24)17-7-4-16(5-8-17)6-13-22(26)23-27/h4-13,20-21,25,27H,2-3,14-15H2,1H3,(H,23,26)/b13-6+. The fourth-order valence-electron chi connectivity index (χ4n) is 3.61.